The predicted molar refractivity (Wildman–Crippen MR) is 91.6 cm³/mol. The summed E-state index contributed by atoms with van der Waals surface area (Å²) < 4.78 is 0. The van der Waals surface area contributed by atoms with E-state index < -0.39 is 0 Å². The largest absolute Gasteiger partial charge is 0.351 e. The van der Waals surface area contributed by atoms with E-state index in [1.807, 2.05) is 44.2 Å². The molecule has 1 amide bonds. The topological polar surface area (TPSA) is 74.8 Å². The van der Waals surface area contributed by atoms with Crippen LogP contribution in [-0.2, 0) is 0 Å². The number of amides is 1. The third kappa shape index (κ3) is 4.06. The van der Waals surface area contributed by atoms with E-state index in [9.17, 15) is 9.59 Å². The first-order valence-electron chi connectivity index (χ1n) is 8.02. The lowest BCUT2D eigenvalue weighted by Crippen LogP contribution is -2.30. The molecule has 23 heavy (non-hydrogen) atoms. The van der Waals surface area contributed by atoms with Gasteiger partial charge in [0, 0.05) is 18.0 Å². The summed E-state index contributed by atoms with van der Waals surface area (Å²) in [5.74, 6) is -0.310. The van der Waals surface area contributed by atoms with Crippen molar-refractivity contribution in [2.45, 2.75) is 39.5 Å². The second-order valence-electron chi connectivity index (χ2n) is 5.80. The van der Waals surface area contributed by atoms with Gasteiger partial charge in [0.05, 0.1) is 5.69 Å². The zero-order chi connectivity index (χ0) is 16.8. The molecule has 122 valence electrons. The predicted octanol–water partition coefficient (Wildman–Crippen LogP) is 3.09. The summed E-state index contributed by atoms with van der Waals surface area (Å²) in [4.78, 5) is 31.8. The average Bonchev–Trinajstić information content (AvgIpc) is 2.55. The lowest BCUT2D eigenvalue weighted by Gasteiger charge is -2.12. The first-order valence-corrected chi connectivity index (χ1v) is 8.02. The molecule has 0 fully saturated rings. The van der Waals surface area contributed by atoms with Crippen molar-refractivity contribution in [2.75, 3.05) is 6.54 Å². The van der Waals surface area contributed by atoms with Gasteiger partial charge in [0.1, 0.15) is 11.4 Å². The zero-order valence-electron chi connectivity index (χ0n) is 13.8. The fourth-order valence-electron chi connectivity index (χ4n) is 2.29. The van der Waals surface area contributed by atoms with Gasteiger partial charge in [0.15, 0.2) is 0 Å². The van der Waals surface area contributed by atoms with Gasteiger partial charge in [-0.15, -0.1) is 0 Å². The van der Waals surface area contributed by atoms with Gasteiger partial charge >= 0.3 is 0 Å². The number of benzene rings is 1. The van der Waals surface area contributed by atoms with E-state index in [-0.39, 0.29) is 23.1 Å². The highest BCUT2D eigenvalue weighted by Crippen LogP contribution is 2.21. The number of carbonyl (C=O) groups excluding carboxylic acids is 1. The molecule has 0 radical (unpaired) electrons. The normalized spacial score (nSPS) is 10.8. The van der Waals surface area contributed by atoms with Crippen LogP contribution in [0.5, 0.6) is 0 Å². The molecule has 0 spiro atoms. The maximum atomic E-state index is 12.4. The van der Waals surface area contributed by atoms with E-state index in [2.05, 4.69) is 22.2 Å². The van der Waals surface area contributed by atoms with Gasteiger partial charge in [-0.1, -0.05) is 57.5 Å². The Morgan fingerprint density at radius 2 is 1.96 bits per heavy atom. The fourth-order valence-corrected chi connectivity index (χ4v) is 2.29. The van der Waals surface area contributed by atoms with Crippen LogP contribution in [0.1, 0.15) is 55.7 Å². The number of aromatic nitrogens is 2. The first-order chi connectivity index (χ1) is 11.0. The fraction of sp³-hybridized carbons (Fsp3) is 0.389. The molecular weight excluding hydrogens is 290 g/mol. The molecule has 0 bridgehead atoms. The molecule has 5 nitrogen and oxygen atoms in total. The molecule has 0 unspecified atom stereocenters. The van der Waals surface area contributed by atoms with Crippen LogP contribution in [0, 0.1) is 0 Å². The molecule has 0 saturated heterocycles. The molecule has 2 N–H and O–H groups in total. The molecule has 0 atom stereocenters. The number of H-pyrrole nitrogens is 1. The minimum Gasteiger partial charge on any atom is -0.351 e. The average molecular weight is 313 g/mol. The number of hydrogen-bond acceptors (Lipinski definition) is 3. The lowest BCUT2D eigenvalue weighted by molar-refractivity contribution is 0.0948. The minimum absolute atomic E-state index is 0.0154. The molecule has 1 aromatic heterocycles. The van der Waals surface area contributed by atoms with Crippen molar-refractivity contribution < 1.29 is 4.79 Å². The van der Waals surface area contributed by atoms with Crippen LogP contribution >= 0.6 is 0 Å². The molecule has 0 aliphatic heterocycles. The van der Waals surface area contributed by atoms with Crippen molar-refractivity contribution in [3.63, 3.8) is 0 Å². The Hall–Kier alpha value is -2.43. The Balaban J connectivity index is 2.50. The molecule has 1 aromatic carbocycles. The van der Waals surface area contributed by atoms with E-state index in [4.69, 9.17) is 0 Å². The number of nitrogens with zero attached hydrogens (tertiary/aromatic N) is 1. The van der Waals surface area contributed by atoms with Crippen LogP contribution in [0.2, 0.25) is 0 Å². The van der Waals surface area contributed by atoms with Crippen molar-refractivity contribution >= 4 is 5.91 Å². The van der Waals surface area contributed by atoms with Crippen LogP contribution in [0.3, 0.4) is 0 Å². The van der Waals surface area contributed by atoms with Crippen LogP contribution in [0.25, 0.3) is 11.3 Å². The Bertz CT molecular complexity index is 721. The van der Waals surface area contributed by atoms with Gasteiger partial charge in [0.2, 0.25) is 0 Å². The van der Waals surface area contributed by atoms with Gasteiger partial charge < -0.3 is 10.3 Å². The maximum absolute atomic E-state index is 12.4. The molecule has 5 heteroatoms. The Kier molecular flexibility index (Phi) is 5.68. The summed E-state index contributed by atoms with van der Waals surface area (Å²) in [6, 6.07) is 9.44. The summed E-state index contributed by atoms with van der Waals surface area (Å²) in [6.45, 7) is 6.46. The number of carbonyl (C=O) groups is 1. The summed E-state index contributed by atoms with van der Waals surface area (Å²) in [5, 5.41) is 2.84. The zero-order valence-corrected chi connectivity index (χ0v) is 13.8. The van der Waals surface area contributed by atoms with E-state index in [1.54, 1.807) is 0 Å². The number of nitrogens with one attached hydrogen (secondary N) is 2. The van der Waals surface area contributed by atoms with E-state index in [0.29, 0.717) is 17.9 Å². The molecule has 1 heterocycles. The second-order valence-corrected chi connectivity index (χ2v) is 5.80. The van der Waals surface area contributed by atoms with E-state index in [0.717, 1.165) is 18.4 Å². The number of rotatable bonds is 6. The molecule has 0 aliphatic rings. The van der Waals surface area contributed by atoms with Crippen LogP contribution in [0.15, 0.2) is 35.1 Å². The third-order valence-corrected chi connectivity index (χ3v) is 3.58. The molecule has 2 aromatic rings. The Labute approximate surface area is 136 Å². The van der Waals surface area contributed by atoms with Gasteiger partial charge in [-0.25, -0.2) is 4.98 Å². The van der Waals surface area contributed by atoms with Gasteiger partial charge in [-0.3, -0.25) is 9.59 Å². The van der Waals surface area contributed by atoms with Crippen molar-refractivity contribution in [2.24, 2.45) is 0 Å². The van der Waals surface area contributed by atoms with Crippen LogP contribution in [0.4, 0.5) is 0 Å². The first kappa shape index (κ1) is 16.9. The smallest absolute Gasteiger partial charge is 0.270 e. The Morgan fingerprint density at radius 1 is 1.26 bits per heavy atom. The molecular formula is C18H23N3O2. The highest BCUT2D eigenvalue weighted by Gasteiger charge is 2.19. The van der Waals surface area contributed by atoms with Crippen molar-refractivity contribution in [3.8, 4) is 11.3 Å². The van der Waals surface area contributed by atoms with Crippen molar-refractivity contribution in [3.05, 3.63) is 52.1 Å². The number of unbranched alkanes of at least 4 members (excludes halogenated alkanes) is 1. The maximum Gasteiger partial charge on any atom is 0.270 e. The summed E-state index contributed by atoms with van der Waals surface area (Å²) in [6.07, 6.45) is 1.89. The van der Waals surface area contributed by atoms with Crippen LogP contribution < -0.4 is 10.9 Å². The summed E-state index contributed by atoms with van der Waals surface area (Å²) >= 11 is 0. The quantitative estimate of drug-likeness (QED) is 0.805. The summed E-state index contributed by atoms with van der Waals surface area (Å²) in [7, 11) is 0. The Morgan fingerprint density at radius 3 is 2.57 bits per heavy atom. The van der Waals surface area contributed by atoms with Crippen molar-refractivity contribution in [1.82, 2.24) is 15.3 Å². The highest BCUT2D eigenvalue weighted by atomic mass is 16.2. The second kappa shape index (κ2) is 7.72. The molecule has 0 saturated carbocycles. The molecule has 2 rings (SSSR count). The SMILES string of the molecule is CCCCNC(=O)c1[nH]c(=O)c(C(C)C)nc1-c1ccccc1. The standard InChI is InChI=1S/C18H23N3O2/c1-4-5-11-19-17(22)16-15(13-9-7-6-8-10-13)20-14(12(2)3)18(23)21-16/h6-10,12H,4-5,11H2,1-3H3,(H,19,22)(H,21,23). The number of hydrogen-bond donors (Lipinski definition) is 2. The van der Waals surface area contributed by atoms with E-state index >= 15 is 0 Å². The third-order valence-electron chi connectivity index (χ3n) is 3.58. The monoisotopic (exact) mass is 313 g/mol. The van der Waals surface area contributed by atoms with Gasteiger partial charge in [-0.2, -0.15) is 0 Å². The summed E-state index contributed by atoms with van der Waals surface area (Å²) in [5.41, 5.74) is 1.69. The van der Waals surface area contributed by atoms with Gasteiger partial charge in [-0.05, 0) is 6.42 Å². The van der Waals surface area contributed by atoms with Gasteiger partial charge in [0.25, 0.3) is 11.5 Å². The number of aromatic amines is 1. The minimum atomic E-state index is -0.305. The van der Waals surface area contributed by atoms with E-state index in [1.165, 1.54) is 0 Å². The lowest BCUT2D eigenvalue weighted by atomic mass is 10.1. The van der Waals surface area contributed by atoms with Crippen molar-refractivity contribution in [1.29, 1.82) is 0 Å². The molecule has 0 aliphatic carbocycles. The van der Waals surface area contributed by atoms with Crippen LogP contribution in [-0.4, -0.2) is 22.4 Å². The highest BCUT2D eigenvalue weighted by molar-refractivity contribution is 5.97.